The first-order valence-electron chi connectivity index (χ1n) is 15.3. The average Bonchev–Trinajstić information content (AvgIpc) is 3.09. The van der Waals surface area contributed by atoms with E-state index in [1.807, 2.05) is 43.3 Å². The van der Waals surface area contributed by atoms with E-state index >= 15 is 0 Å². The summed E-state index contributed by atoms with van der Waals surface area (Å²) >= 11 is 0. The smallest absolute Gasteiger partial charge is 0.337 e. The third-order valence-electron chi connectivity index (χ3n) is 7.58. The van der Waals surface area contributed by atoms with Crippen LogP contribution in [-0.4, -0.2) is 57.0 Å². The topological polar surface area (TPSA) is 149 Å². The number of hydrazone groups is 1. The molecule has 4 N–H and O–H groups in total. The van der Waals surface area contributed by atoms with Gasteiger partial charge in [0, 0.05) is 11.3 Å². The molecule has 0 spiro atoms. The highest BCUT2D eigenvalue weighted by atomic mass is 16.5. The zero-order chi connectivity index (χ0) is 34.0. The van der Waals surface area contributed by atoms with Crippen molar-refractivity contribution < 1.29 is 38.4 Å². The van der Waals surface area contributed by atoms with E-state index in [4.69, 9.17) is 23.7 Å². The second-order valence-corrected chi connectivity index (χ2v) is 10.7. The standard InChI is InChI=1S/C36H38N4O8/c1-5-46-30-18-24(33-32(35(42)45-4)22(2)38-36(43)39-33)16-17-28(30)47-21-31(41)40-37-19-25-12-9-15-29(44-3)34(25)48-20-26-13-8-11-23-10-6-7-14-27(23)26/h6-19,31,33,40-41H,5,20-21H2,1-4H3,(H2,38,39,43)/b37-19+/t31-,33+/m1/s1. The number of para-hydroxylation sites is 1. The molecule has 1 aliphatic heterocycles. The molecule has 48 heavy (non-hydrogen) atoms. The van der Waals surface area contributed by atoms with Crippen LogP contribution >= 0.6 is 0 Å². The van der Waals surface area contributed by atoms with Gasteiger partial charge in [0.15, 0.2) is 29.2 Å². The molecule has 4 aromatic carbocycles. The predicted molar refractivity (Wildman–Crippen MR) is 180 cm³/mol. The Bertz CT molecular complexity index is 1840. The molecule has 0 unspecified atom stereocenters. The van der Waals surface area contributed by atoms with Crippen molar-refractivity contribution in [3.8, 4) is 23.0 Å². The number of carbonyl (C=O) groups excluding carboxylic acids is 2. The van der Waals surface area contributed by atoms with Crippen LogP contribution in [0.25, 0.3) is 10.8 Å². The Kier molecular flexibility index (Phi) is 11.0. The first-order valence-corrected chi connectivity index (χ1v) is 15.3. The summed E-state index contributed by atoms with van der Waals surface area (Å²) in [6.07, 6.45) is 0.355. The maximum Gasteiger partial charge on any atom is 0.337 e. The molecule has 250 valence electrons. The normalized spacial score (nSPS) is 15.0. The van der Waals surface area contributed by atoms with Gasteiger partial charge in [0.2, 0.25) is 0 Å². The SMILES string of the molecule is CCOc1cc([C@@H]2NC(=O)NC(C)=C2C(=O)OC)ccc1OC[C@@H](O)N/N=C/c1cccc(OC)c1OCc1cccc2ccccc12. The number of urea groups is 1. The number of nitrogens with zero attached hydrogens (tertiary/aromatic N) is 1. The maximum atomic E-state index is 12.5. The number of aliphatic hydroxyl groups is 1. The summed E-state index contributed by atoms with van der Waals surface area (Å²) < 4.78 is 28.4. The van der Waals surface area contributed by atoms with E-state index in [-0.39, 0.29) is 12.2 Å². The Hall–Kier alpha value is -5.75. The summed E-state index contributed by atoms with van der Waals surface area (Å²) in [6, 6.07) is 23.5. The number of ether oxygens (including phenoxy) is 5. The monoisotopic (exact) mass is 654 g/mol. The van der Waals surface area contributed by atoms with Crippen LogP contribution < -0.4 is 35.0 Å². The fourth-order valence-corrected chi connectivity index (χ4v) is 5.33. The minimum atomic E-state index is -1.18. The number of nitrogens with one attached hydrogen (secondary N) is 3. The number of carbonyl (C=O) groups is 2. The van der Waals surface area contributed by atoms with Gasteiger partial charge in [-0.05, 0) is 60.0 Å². The van der Waals surface area contributed by atoms with Crippen molar-refractivity contribution in [2.24, 2.45) is 5.10 Å². The van der Waals surface area contributed by atoms with Crippen LogP contribution in [0.5, 0.6) is 23.0 Å². The Balaban J connectivity index is 1.25. The van der Waals surface area contributed by atoms with Crippen molar-refractivity contribution in [3.05, 3.63) is 107 Å². The van der Waals surface area contributed by atoms with Gasteiger partial charge in [0.1, 0.15) is 13.2 Å². The summed E-state index contributed by atoms with van der Waals surface area (Å²) in [7, 11) is 2.85. The fraction of sp³-hybridized carbons (Fsp3) is 0.250. The minimum Gasteiger partial charge on any atom is -0.493 e. The highest BCUT2D eigenvalue weighted by molar-refractivity contribution is 5.95. The first kappa shape index (κ1) is 33.6. The van der Waals surface area contributed by atoms with E-state index in [9.17, 15) is 14.7 Å². The Labute approximate surface area is 278 Å². The number of allylic oxidation sites excluding steroid dienone is 1. The highest BCUT2D eigenvalue weighted by Gasteiger charge is 2.32. The third-order valence-corrected chi connectivity index (χ3v) is 7.58. The quantitative estimate of drug-likeness (QED) is 0.0642. The third kappa shape index (κ3) is 7.78. The molecule has 4 aromatic rings. The number of fused-ring (bicyclic) bond motifs is 1. The molecule has 1 aliphatic rings. The van der Waals surface area contributed by atoms with E-state index in [0.29, 0.717) is 53.0 Å². The Morgan fingerprint density at radius 1 is 0.979 bits per heavy atom. The van der Waals surface area contributed by atoms with E-state index in [1.165, 1.54) is 13.3 Å². The highest BCUT2D eigenvalue weighted by Crippen LogP contribution is 2.35. The molecule has 0 radical (unpaired) electrons. The second kappa shape index (κ2) is 15.7. The van der Waals surface area contributed by atoms with Crippen molar-refractivity contribution in [1.29, 1.82) is 0 Å². The first-order chi connectivity index (χ1) is 23.3. The van der Waals surface area contributed by atoms with Gasteiger partial charge < -0.3 is 39.4 Å². The molecular formula is C36H38N4O8. The van der Waals surface area contributed by atoms with Gasteiger partial charge in [0.05, 0.1) is 38.7 Å². The lowest BCUT2D eigenvalue weighted by atomic mass is 9.95. The lowest BCUT2D eigenvalue weighted by Crippen LogP contribution is -2.45. The molecule has 12 nitrogen and oxygen atoms in total. The summed E-state index contributed by atoms with van der Waals surface area (Å²) in [5.41, 5.74) is 5.58. The lowest BCUT2D eigenvalue weighted by Gasteiger charge is -2.28. The Morgan fingerprint density at radius 3 is 2.56 bits per heavy atom. The van der Waals surface area contributed by atoms with Crippen LogP contribution in [0.15, 0.2) is 95.2 Å². The molecule has 0 saturated heterocycles. The van der Waals surface area contributed by atoms with Crippen molar-refractivity contribution >= 4 is 29.0 Å². The number of rotatable bonds is 14. The maximum absolute atomic E-state index is 12.5. The summed E-state index contributed by atoms with van der Waals surface area (Å²) in [4.78, 5) is 24.7. The molecule has 0 saturated carbocycles. The molecule has 0 aromatic heterocycles. The molecule has 2 atom stereocenters. The van der Waals surface area contributed by atoms with Gasteiger partial charge in [-0.3, -0.25) is 5.43 Å². The molecule has 5 rings (SSSR count). The van der Waals surface area contributed by atoms with Crippen LogP contribution in [0.3, 0.4) is 0 Å². The lowest BCUT2D eigenvalue weighted by molar-refractivity contribution is -0.136. The zero-order valence-corrected chi connectivity index (χ0v) is 27.1. The number of esters is 1. The van der Waals surface area contributed by atoms with Crippen molar-refractivity contribution in [2.45, 2.75) is 32.7 Å². The number of hydrogen-bond donors (Lipinski definition) is 4. The second-order valence-electron chi connectivity index (χ2n) is 10.7. The van der Waals surface area contributed by atoms with E-state index < -0.39 is 24.3 Å². The number of amides is 2. The number of methoxy groups -OCH3 is 2. The van der Waals surface area contributed by atoms with Crippen LogP contribution in [-0.2, 0) is 16.1 Å². The summed E-state index contributed by atoms with van der Waals surface area (Å²) in [5, 5.41) is 22.4. The molecule has 0 aliphatic carbocycles. The fourth-order valence-electron chi connectivity index (χ4n) is 5.33. The van der Waals surface area contributed by atoms with Gasteiger partial charge in [-0.25, -0.2) is 9.59 Å². The largest absolute Gasteiger partial charge is 0.493 e. The van der Waals surface area contributed by atoms with Crippen LogP contribution in [0.4, 0.5) is 4.79 Å². The molecule has 0 bridgehead atoms. The number of aliphatic hydroxyl groups excluding tert-OH is 1. The van der Waals surface area contributed by atoms with Crippen LogP contribution in [0.2, 0.25) is 0 Å². The Morgan fingerprint density at radius 2 is 1.77 bits per heavy atom. The summed E-state index contributed by atoms with van der Waals surface area (Å²) in [5.74, 6) is 1.20. The van der Waals surface area contributed by atoms with Gasteiger partial charge in [0.25, 0.3) is 0 Å². The number of benzene rings is 4. The van der Waals surface area contributed by atoms with Gasteiger partial charge in [-0.1, -0.05) is 54.6 Å². The van der Waals surface area contributed by atoms with E-state index in [0.717, 1.165) is 16.3 Å². The molecule has 0 fully saturated rings. The molecule has 2 amide bonds. The van der Waals surface area contributed by atoms with Gasteiger partial charge >= 0.3 is 12.0 Å². The van der Waals surface area contributed by atoms with E-state index in [1.54, 1.807) is 38.3 Å². The van der Waals surface area contributed by atoms with Crippen molar-refractivity contribution in [1.82, 2.24) is 16.1 Å². The average molecular weight is 655 g/mol. The predicted octanol–water partition coefficient (Wildman–Crippen LogP) is 4.95. The molecule has 1 heterocycles. The molecule has 12 heteroatoms. The van der Waals surface area contributed by atoms with Crippen LogP contribution in [0.1, 0.15) is 36.6 Å². The minimum absolute atomic E-state index is 0.171. The van der Waals surface area contributed by atoms with Gasteiger partial charge in [-0.15, -0.1) is 0 Å². The van der Waals surface area contributed by atoms with E-state index in [2.05, 4.69) is 39.4 Å². The van der Waals surface area contributed by atoms with Crippen molar-refractivity contribution in [2.75, 3.05) is 27.4 Å². The number of hydrogen-bond acceptors (Lipinski definition) is 10. The molecular weight excluding hydrogens is 616 g/mol. The van der Waals surface area contributed by atoms with Gasteiger partial charge in [-0.2, -0.15) is 5.10 Å². The van der Waals surface area contributed by atoms with Crippen LogP contribution in [0, 0.1) is 0 Å². The zero-order valence-electron chi connectivity index (χ0n) is 27.1. The van der Waals surface area contributed by atoms with Crippen molar-refractivity contribution in [3.63, 3.8) is 0 Å². The summed E-state index contributed by atoms with van der Waals surface area (Å²) in [6.45, 7) is 3.92.